The zero-order chi connectivity index (χ0) is 24.7. The Morgan fingerprint density at radius 2 is 1.69 bits per heavy atom. The van der Waals surface area contributed by atoms with E-state index in [0.29, 0.717) is 21.9 Å². The number of carbonyl (C=O) groups is 4. The standard InChI is InChI=1S/C27H18ClNO6/c1-14(35-27(33)16-11-15-12-17(28)9-10-22(15)34-13-16)26(32)29-21-8-4-7-20-23(21)25(31)19-6-3-2-5-18(19)24(20)30/h2-12,14H,13H2,1H3,(H,29,32). The normalized spacial score (nSPS) is 14.5. The quantitative estimate of drug-likeness (QED) is 0.427. The molecular formula is C27H18ClNO6. The van der Waals surface area contributed by atoms with Crippen LogP contribution < -0.4 is 10.1 Å². The molecule has 1 aliphatic heterocycles. The molecule has 0 radical (unpaired) electrons. The molecule has 1 atom stereocenters. The lowest BCUT2D eigenvalue weighted by atomic mass is 9.83. The van der Waals surface area contributed by atoms with E-state index in [1.54, 1.807) is 60.7 Å². The second-order valence-corrected chi connectivity index (χ2v) is 8.55. The molecule has 0 fully saturated rings. The molecular weight excluding hydrogens is 470 g/mol. The number of amides is 1. The first kappa shape index (κ1) is 22.6. The van der Waals surface area contributed by atoms with Gasteiger partial charge in [-0.2, -0.15) is 0 Å². The highest BCUT2D eigenvalue weighted by molar-refractivity contribution is 6.31. The fraction of sp³-hybridized carbons (Fsp3) is 0.111. The molecule has 2 aliphatic rings. The van der Waals surface area contributed by atoms with Gasteiger partial charge in [0, 0.05) is 27.3 Å². The minimum atomic E-state index is -1.18. The van der Waals surface area contributed by atoms with Gasteiger partial charge in [-0.1, -0.05) is 48.0 Å². The number of esters is 1. The Morgan fingerprint density at radius 1 is 0.971 bits per heavy atom. The molecule has 1 amide bonds. The number of halogens is 1. The van der Waals surface area contributed by atoms with Crippen molar-refractivity contribution in [1.29, 1.82) is 0 Å². The highest BCUT2D eigenvalue weighted by atomic mass is 35.5. The third-order valence-corrected chi connectivity index (χ3v) is 6.05. The van der Waals surface area contributed by atoms with E-state index in [9.17, 15) is 19.2 Å². The molecule has 0 aromatic heterocycles. The highest BCUT2D eigenvalue weighted by Crippen LogP contribution is 2.32. The van der Waals surface area contributed by atoms with Crippen LogP contribution in [0.4, 0.5) is 5.69 Å². The van der Waals surface area contributed by atoms with E-state index in [-0.39, 0.29) is 46.1 Å². The number of benzene rings is 3. The summed E-state index contributed by atoms with van der Waals surface area (Å²) in [5.74, 6) is -1.43. The average Bonchev–Trinajstić information content (AvgIpc) is 2.86. The number of hydrogen-bond acceptors (Lipinski definition) is 6. The van der Waals surface area contributed by atoms with E-state index >= 15 is 0 Å². The number of nitrogens with one attached hydrogen (secondary N) is 1. The summed E-state index contributed by atoms with van der Waals surface area (Å²) in [6.45, 7) is 1.41. The van der Waals surface area contributed by atoms with Gasteiger partial charge in [0.15, 0.2) is 17.7 Å². The van der Waals surface area contributed by atoms with Gasteiger partial charge in [-0.15, -0.1) is 0 Å². The number of ether oxygens (including phenoxy) is 2. The molecule has 174 valence electrons. The Morgan fingerprint density at radius 3 is 2.46 bits per heavy atom. The molecule has 3 aromatic rings. The summed E-state index contributed by atoms with van der Waals surface area (Å²) in [5, 5.41) is 3.12. The summed E-state index contributed by atoms with van der Waals surface area (Å²) in [4.78, 5) is 51.5. The van der Waals surface area contributed by atoms with Crippen molar-refractivity contribution >= 4 is 46.8 Å². The largest absolute Gasteiger partial charge is 0.488 e. The van der Waals surface area contributed by atoms with Crippen LogP contribution in [0.3, 0.4) is 0 Å². The van der Waals surface area contributed by atoms with E-state index in [1.165, 1.54) is 13.0 Å². The molecule has 1 aliphatic carbocycles. The maximum absolute atomic E-state index is 13.1. The predicted molar refractivity (Wildman–Crippen MR) is 129 cm³/mol. The SMILES string of the molecule is CC(OC(=O)C1=Cc2cc(Cl)ccc2OC1)C(=O)Nc1cccc2c1C(=O)c1ccccc1C2=O. The van der Waals surface area contributed by atoms with Gasteiger partial charge in [-0.05, 0) is 37.3 Å². The van der Waals surface area contributed by atoms with Crippen LogP contribution in [0, 0.1) is 0 Å². The van der Waals surface area contributed by atoms with Crippen molar-refractivity contribution < 1.29 is 28.7 Å². The summed E-state index contributed by atoms with van der Waals surface area (Å²) in [6, 6.07) is 16.2. The highest BCUT2D eigenvalue weighted by Gasteiger charge is 2.32. The maximum atomic E-state index is 13.1. The first-order valence-corrected chi connectivity index (χ1v) is 11.2. The molecule has 0 spiro atoms. The summed E-state index contributed by atoms with van der Waals surface area (Å²) in [7, 11) is 0. The van der Waals surface area contributed by atoms with Crippen LogP contribution in [0.2, 0.25) is 5.02 Å². The van der Waals surface area contributed by atoms with Crippen LogP contribution in [0.1, 0.15) is 44.3 Å². The Kier molecular flexibility index (Phi) is 5.70. The zero-order valence-corrected chi connectivity index (χ0v) is 19.2. The van der Waals surface area contributed by atoms with Gasteiger partial charge >= 0.3 is 5.97 Å². The van der Waals surface area contributed by atoms with Crippen LogP contribution >= 0.6 is 11.6 Å². The fourth-order valence-electron chi connectivity index (χ4n) is 4.04. The summed E-state index contributed by atoms with van der Waals surface area (Å²) in [5.41, 5.74) is 1.95. The van der Waals surface area contributed by atoms with Crippen molar-refractivity contribution in [2.75, 3.05) is 11.9 Å². The molecule has 8 heteroatoms. The van der Waals surface area contributed by atoms with E-state index in [4.69, 9.17) is 21.1 Å². The van der Waals surface area contributed by atoms with E-state index in [2.05, 4.69) is 5.32 Å². The van der Waals surface area contributed by atoms with E-state index < -0.39 is 18.0 Å². The number of hydrogen-bond donors (Lipinski definition) is 1. The van der Waals surface area contributed by atoms with E-state index in [0.717, 1.165) is 0 Å². The number of anilines is 1. The summed E-state index contributed by atoms with van der Waals surface area (Å²) in [6.07, 6.45) is 0.425. The lowest BCUT2D eigenvalue weighted by molar-refractivity contribution is -0.149. The van der Waals surface area contributed by atoms with Gasteiger partial charge in [-0.3, -0.25) is 14.4 Å². The molecule has 35 heavy (non-hydrogen) atoms. The first-order valence-electron chi connectivity index (χ1n) is 10.8. The monoisotopic (exact) mass is 487 g/mol. The fourth-order valence-corrected chi connectivity index (χ4v) is 4.22. The van der Waals surface area contributed by atoms with Crippen molar-refractivity contribution in [3.05, 3.63) is 99.1 Å². The molecule has 7 nitrogen and oxygen atoms in total. The van der Waals surface area contributed by atoms with E-state index in [1.807, 2.05) is 0 Å². The topological polar surface area (TPSA) is 98.8 Å². The molecule has 1 heterocycles. The third-order valence-electron chi connectivity index (χ3n) is 5.81. The van der Waals surface area contributed by atoms with Gasteiger partial charge in [0.05, 0.1) is 16.8 Å². The number of ketones is 2. The van der Waals surface area contributed by atoms with Gasteiger partial charge in [0.1, 0.15) is 12.4 Å². The lowest BCUT2D eigenvalue weighted by Crippen LogP contribution is -2.32. The van der Waals surface area contributed by atoms with Crippen molar-refractivity contribution in [1.82, 2.24) is 0 Å². The second-order valence-electron chi connectivity index (χ2n) is 8.11. The van der Waals surface area contributed by atoms with Gasteiger partial charge in [0.25, 0.3) is 5.91 Å². The Hall–Kier alpha value is -4.23. The van der Waals surface area contributed by atoms with Crippen LogP contribution in [-0.4, -0.2) is 36.2 Å². The summed E-state index contributed by atoms with van der Waals surface area (Å²) < 4.78 is 10.9. The maximum Gasteiger partial charge on any atom is 0.338 e. The second kappa shape index (κ2) is 8.85. The van der Waals surface area contributed by atoms with Crippen LogP contribution in [0.25, 0.3) is 6.08 Å². The lowest BCUT2D eigenvalue weighted by Gasteiger charge is -2.22. The number of rotatable bonds is 4. The number of carbonyl (C=O) groups excluding carboxylic acids is 4. The van der Waals surface area contributed by atoms with Crippen molar-refractivity contribution in [3.8, 4) is 5.75 Å². The molecule has 5 rings (SSSR count). The van der Waals surface area contributed by atoms with Crippen LogP contribution in [0.15, 0.2) is 66.2 Å². The Labute approximate surface area is 205 Å². The molecule has 3 aromatic carbocycles. The predicted octanol–water partition coefficient (Wildman–Crippen LogP) is 4.46. The van der Waals surface area contributed by atoms with Gasteiger partial charge in [0.2, 0.25) is 0 Å². The van der Waals surface area contributed by atoms with Crippen molar-refractivity contribution in [2.24, 2.45) is 0 Å². The first-order chi connectivity index (χ1) is 16.8. The van der Waals surface area contributed by atoms with Crippen LogP contribution in [-0.2, 0) is 14.3 Å². The van der Waals surface area contributed by atoms with Crippen LogP contribution in [0.5, 0.6) is 5.75 Å². The Bertz CT molecular complexity index is 1460. The molecule has 0 saturated carbocycles. The molecule has 1 N–H and O–H groups in total. The molecule has 0 saturated heterocycles. The van der Waals surface area contributed by atoms with Crippen molar-refractivity contribution in [2.45, 2.75) is 13.0 Å². The summed E-state index contributed by atoms with van der Waals surface area (Å²) >= 11 is 6.01. The molecule has 1 unspecified atom stereocenters. The van der Waals surface area contributed by atoms with Gasteiger partial charge in [-0.25, -0.2) is 4.79 Å². The van der Waals surface area contributed by atoms with Gasteiger partial charge < -0.3 is 14.8 Å². The minimum Gasteiger partial charge on any atom is -0.488 e. The average molecular weight is 488 g/mol. The smallest absolute Gasteiger partial charge is 0.338 e. The number of fused-ring (bicyclic) bond motifs is 3. The van der Waals surface area contributed by atoms with Crippen molar-refractivity contribution in [3.63, 3.8) is 0 Å². The third kappa shape index (κ3) is 4.11. The minimum absolute atomic E-state index is 0.00990. The molecule has 0 bridgehead atoms. The Balaban J connectivity index is 1.33. The zero-order valence-electron chi connectivity index (χ0n) is 18.5.